The van der Waals surface area contributed by atoms with Gasteiger partial charge in [-0.2, -0.15) is 0 Å². The summed E-state index contributed by atoms with van der Waals surface area (Å²) in [6.45, 7) is 1.23. The normalized spacial score (nSPS) is 62.5. The summed E-state index contributed by atoms with van der Waals surface area (Å²) in [5.41, 5.74) is -1.07. The van der Waals surface area contributed by atoms with Crippen LogP contribution in [0.4, 0.5) is 0 Å². The van der Waals surface area contributed by atoms with Gasteiger partial charge in [-0.3, -0.25) is 0 Å². The number of piperidine rings is 1. The minimum Gasteiger partial charge on any atom is -0.497 e. The molecular weight excluding hydrogens is 258 g/mol. The topological polar surface area (TPSA) is 12.5 Å². The van der Waals surface area contributed by atoms with Crippen LogP contribution in [0.15, 0.2) is 18.2 Å². The van der Waals surface area contributed by atoms with Gasteiger partial charge in [-0.1, -0.05) is 13.0 Å². The lowest BCUT2D eigenvalue weighted by atomic mass is 9.51. The maximum absolute atomic E-state index is 9.59. The van der Waals surface area contributed by atoms with Crippen LogP contribution in [0.5, 0.6) is 5.75 Å². The Morgan fingerprint density at radius 3 is 3.14 bits per heavy atom. The van der Waals surface area contributed by atoms with E-state index >= 15 is 0 Å². The van der Waals surface area contributed by atoms with Gasteiger partial charge in [0.2, 0.25) is 0 Å². The highest BCUT2D eigenvalue weighted by Crippen LogP contribution is 2.56. The van der Waals surface area contributed by atoms with Gasteiger partial charge in [-0.15, -0.1) is 0 Å². The lowest BCUT2D eigenvalue weighted by Crippen LogP contribution is -2.60. The van der Waals surface area contributed by atoms with Gasteiger partial charge in [0.1, 0.15) is 5.75 Å². The van der Waals surface area contributed by atoms with Crippen molar-refractivity contribution in [2.24, 2.45) is 11.8 Å². The van der Waals surface area contributed by atoms with Gasteiger partial charge < -0.3 is 9.64 Å². The summed E-state index contributed by atoms with van der Waals surface area (Å²) in [7, 11) is 3.08. The number of rotatable bonds is 1. The predicted octanol–water partition coefficient (Wildman–Crippen LogP) is 3.63. The van der Waals surface area contributed by atoms with Crippen molar-refractivity contribution in [2.45, 2.75) is 50.3 Å². The highest BCUT2D eigenvalue weighted by molar-refractivity contribution is 5.45. The summed E-state index contributed by atoms with van der Waals surface area (Å²) in [5.74, 6) is -4.65. The second-order valence-corrected chi connectivity index (χ2v) is 6.10. The monoisotopic (exact) mass is 294 g/mol. The average Bonchev–Trinajstić information content (AvgIpc) is 2.65. The van der Waals surface area contributed by atoms with Crippen molar-refractivity contribution >= 4 is 0 Å². The Balaban J connectivity index is 2.23. The number of likely N-dealkylation sites (tertiary alicyclic amines) is 1. The third-order valence-electron chi connectivity index (χ3n) is 4.91. The SMILES string of the molecule is [2H]C1([2H])C([2H])(C)C([2H])([2H])[C@]2([2H])[C@]3([2H])Cc4ccc(OC)cc4[C@]2(CCN3C)C1([2H])[2H]. The Kier molecular flexibility index (Phi) is 1.59. The fourth-order valence-electron chi connectivity index (χ4n) is 3.73. The number of hydrogen-bond donors (Lipinski definition) is 0. The van der Waals surface area contributed by atoms with Crippen LogP contribution in [0.1, 0.15) is 55.9 Å². The molecule has 1 aromatic rings. The molecule has 4 atom stereocenters. The molecule has 1 saturated carbocycles. The molecule has 2 aliphatic carbocycles. The van der Waals surface area contributed by atoms with Gasteiger partial charge in [0.15, 0.2) is 0 Å². The lowest BCUT2D eigenvalue weighted by Gasteiger charge is -2.59. The van der Waals surface area contributed by atoms with Gasteiger partial charge in [0, 0.05) is 23.8 Å². The third kappa shape index (κ3) is 1.88. The van der Waals surface area contributed by atoms with Crippen molar-refractivity contribution in [3.63, 3.8) is 0 Å². The number of hydrogen-bond acceptors (Lipinski definition) is 2. The average molecular weight is 294 g/mol. The quantitative estimate of drug-likeness (QED) is 0.784. The van der Waals surface area contributed by atoms with E-state index in [2.05, 4.69) is 0 Å². The molecular formula is C19H27NO. The Bertz CT molecular complexity index is 919. The molecule has 1 unspecified atom stereocenters. The zero-order chi connectivity index (χ0) is 22.8. The minimum absolute atomic E-state index is 0.0251. The lowest BCUT2D eigenvalue weighted by molar-refractivity contribution is -0.0112. The second kappa shape index (κ2) is 4.74. The molecule has 2 heteroatoms. The molecule has 1 aliphatic heterocycles. The van der Waals surface area contributed by atoms with Crippen LogP contribution in [-0.2, 0) is 11.8 Å². The van der Waals surface area contributed by atoms with Crippen LogP contribution in [0.3, 0.4) is 0 Å². The first kappa shape index (κ1) is 7.04. The molecule has 0 radical (unpaired) electrons. The van der Waals surface area contributed by atoms with Crippen LogP contribution in [0.2, 0.25) is 0 Å². The number of benzene rings is 1. The van der Waals surface area contributed by atoms with Crippen molar-refractivity contribution in [1.82, 2.24) is 4.90 Å². The summed E-state index contributed by atoms with van der Waals surface area (Å²) < 4.78 is 86.2. The van der Waals surface area contributed by atoms with Crippen LogP contribution in [-0.4, -0.2) is 31.6 Å². The number of likely N-dealkylation sites (N-methyl/N-ethyl adjacent to an activating group) is 1. The van der Waals surface area contributed by atoms with Gasteiger partial charge in [0.05, 0.1) is 7.11 Å². The highest BCUT2D eigenvalue weighted by Gasteiger charge is 2.54. The van der Waals surface area contributed by atoms with E-state index in [0.717, 1.165) is 6.92 Å². The van der Waals surface area contributed by atoms with E-state index in [-0.39, 0.29) is 19.4 Å². The molecule has 0 N–H and O–H groups in total. The highest BCUT2D eigenvalue weighted by atomic mass is 16.5. The van der Waals surface area contributed by atoms with Crippen LogP contribution < -0.4 is 4.74 Å². The number of nitrogens with zero attached hydrogens (tertiary/aromatic N) is 1. The Hall–Kier alpha value is -1.02. The van der Waals surface area contributed by atoms with Gasteiger partial charge in [-0.25, -0.2) is 0 Å². The van der Waals surface area contributed by atoms with E-state index in [1.54, 1.807) is 30.1 Å². The van der Waals surface area contributed by atoms with Crippen molar-refractivity contribution in [2.75, 3.05) is 20.7 Å². The second-order valence-electron chi connectivity index (χ2n) is 6.10. The van der Waals surface area contributed by atoms with E-state index in [4.69, 9.17) is 14.3 Å². The number of fused-ring (bicyclic) bond motifs is 1. The van der Waals surface area contributed by atoms with Crippen molar-refractivity contribution in [3.05, 3.63) is 29.3 Å². The zero-order valence-corrected chi connectivity index (χ0v) is 12.7. The molecule has 21 heavy (non-hydrogen) atoms. The molecule has 2 nitrogen and oxygen atoms in total. The smallest absolute Gasteiger partial charge is 0.119 e. The molecule has 2 bridgehead atoms. The molecule has 4 rings (SSSR count). The van der Waals surface area contributed by atoms with Gasteiger partial charge >= 0.3 is 0 Å². The first-order valence-electron chi connectivity index (χ1n) is 11.9. The standard InChI is InChI=1S/C19H27NO/c1-13-6-7-19-8-9-20(2)18(17(19)10-13)11-14-4-5-15(21-3)12-16(14)19/h4-5,12-13,17-18H,6-11H2,1-3H3/t13?,17-,18+,19-/m1/s1/i6D2,7D2,10D2,13D,17D,18D. The van der Waals surface area contributed by atoms with Gasteiger partial charge in [0.25, 0.3) is 0 Å². The first-order valence-corrected chi connectivity index (χ1v) is 7.40. The van der Waals surface area contributed by atoms with Gasteiger partial charge in [-0.05, 0) is 80.6 Å². The summed E-state index contributed by atoms with van der Waals surface area (Å²) in [5, 5.41) is 0. The predicted molar refractivity (Wildman–Crippen MR) is 85.9 cm³/mol. The summed E-state index contributed by atoms with van der Waals surface area (Å²) in [6.07, 6.45) is -8.63. The van der Waals surface area contributed by atoms with Crippen molar-refractivity contribution in [1.29, 1.82) is 0 Å². The van der Waals surface area contributed by atoms with Crippen molar-refractivity contribution < 1.29 is 17.1 Å². The number of methoxy groups -OCH3 is 1. The molecule has 1 aromatic carbocycles. The molecule has 0 spiro atoms. The van der Waals surface area contributed by atoms with E-state index in [1.165, 1.54) is 7.11 Å². The zero-order valence-electron chi connectivity index (χ0n) is 21.7. The van der Waals surface area contributed by atoms with E-state index < -0.39 is 42.3 Å². The van der Waals surface area contributed by atoms with Crippen molar-refractivity contribution in [3.8, 4) is 5.75 Å². The molecule has 1 heterocycles. The molecule has 2 fully saturated rings. The van der Waals surface area contributed by atoms with E-state index in [1.807, 2.05) is 0 Å². The molecule has 3 aliphatic rings. The third-order valence-corrected chi connectivity index (χ3v) is 4.91. The van der Waals surface area contributed by atoms with Crippen LogP contribution in [0.25, 0.3) is 0 Å². The fraction of sp³-hybridized carbons (Fsp3) is 0.684. The van der Waals surface area contributed by atoms with Crippen LogP contribution >= 0.6 is 0 Å². The Morgan fingerprint density at radius 2 is 2.33 bits per heavy atom. The van der Waals surface area contributed by atoms with Crippen LogP contribution in [0, 0.1) is 11.8 Å². The summed E-state index contributed by atoms with van der Waals surface area (Å²) >= 11 is 0. The summed E-state index contributed by atoms with van der Waals surface area (Å²) in [6, 6.07) is 3.07. The number of ether oxygens (including phenoxy) is 1. The fourth-order valence-corrected chi connectivity index (χ4v) is 3.73. The molecule has 0 amide bonds. The molecule has 0 aromatic heterocycles. The van der Waals surface area contributed by atoms with E-state index in [9.17, 15) is 2.74 Å². The maximum Gasteiger partial charge on any atom is 0.119 e. The first-order chi connectivity index (χ1) is 13.5. The van der Waals surface area contributed by atoms with E-state index in [0.29, 0.717) is 16.9 Å². The minimum atomic E-state index is -2.93. The Morgan fingerprint density at radius 1 is 1.48 bits per heavy atom. The maximum atomic E-state index is 9.59. The summed E-state index contributed by atoms with van der Waals surface area (Å²) in [4.78, 5) is 1.57. The molecule has 114 valence electrons. The molecule has 1 saturated heterocycles. The Labute approximate surface area is 141 Å². The largest absolute Gasteiger partial charge is 0.497 e.